The van der Waals surface area contributed by atoms with Gasteiger partial charge in [-0.15, -0.1) is 11.8 Å². The minimum absolute atomic E-state index is 0.0656. The van der Waals surface area contributed by atoms with Gasteiger partial charge in [0.15, 0.2) is 0 Å². The SMILES string of the molecule is Cn1cc(C(=O)NCCSCC(=O)O)c(C2CCCCC2)n1. The number of aryl methyl sites for hydroxylation is 1. The highest BCUT2D eigenvalue weighted by atomic mass is 32.2. The molecular weight excluding hydrogens is 302 g/mol. The molecule has 0 aromatic carbocycles. The van der Waals surface area contributed by atoms with Gasteiger partial charge in [0.2, 0.25) is 0 Å². The lowest BCUT2D eigenvalue weighted by Gasteiger charge is -2.20. The number of nitrogens with one attached hydrogen (secondary N) is 1. The summed E-state index contributed by atoms with van der Waals surface area (Å²) in [4.78, 5) is 22.7. The Labute approximate surface area is 134 Å². The minimum Gasteiger partial charge on any atom is -0.481 e. The molecule has 2 rings (SSSR count). The van der Waals surface area contributed by atoms with Crippen LogP contribution in [-0.4, -0.2) is 44.8 Å². The Morgan fingerprint density at radius 3 is 2.82 bits per heavy atom. The first-order chi connectivity index (χ1) is 10.6. The van der Waals surface area contributed by atoms with Crippen molar-refractivity contribution in [2.24, 2.45) is 7.05 Å². The minimum atomic E-state index is -0.830. The first-order valence-corrected chi connectivity index (χ1v) is 8.84. The molecule has 0 spiro atoms. The van der Waals surface area contributed by atoms with Gasteiger partial charge in [-0.25, -0.2) is 0 Å². The molecule has 1 fully saturated rings. The zero-order valence-electron chi connectivity index (χ0n) is 12.9. The molecular formula is C15H23N3O3S. The van der Waals surface area contributed by atoms with Gasteiger partial charge in [-0.05, 0) is 12.8 Å². The molecule has 0 aliphatic heterocycles. The Kier molecular flexibility index (Phi) is 6.30. The summed E-state index contributed by atoms with van der Waals surface area (Å²) in [6, 6.07) is 0. The summed E-state index contributed by atoms with van der Waals surface area (Å²) in [5.41, 5.74) is 1.58. The van der Waals surface area contributed by atoms with Gasteiger partial charge in [-0.1, -0.05) is 19.3 Å². The molecule has 1 aliphatic rings. The van der Waals surface area contributed by atoms with Crippen LogP contribution >= 0.6 is 11.8 Å². The number of carbonyl (C=O) groups excluding carboxylic acids is 1. The van der Waals surface area contributed by atoms with Gasteiger partial charge in [0.25, 0.3) is 5.91 Å². The fourth-order valence-corrected chi connectivity index (χ4v) is 3.41. The van der Waals surface area contributed by atoms with Crippen LogP contribution in [0.4, 0.5) is 0 Å². The summed E-state index contributed by atoms with van der Waals surface area (Å²) in [7, 11) is 1.84. The third kappa shape index (κ3) is 4.76. The van der Waals surface area contributed by atoms with Crippen molar-refractivity contribution in [3.05, 3.63) is 17.5 Å². The summed E-state index contributed by atoms with van der Waals surface area (Å²) in [6.45, 7) is 0.468. The molecule has 1 aliphatic carbocycles. The van der Waals surface area contributed by atoms with Gasteiger partial charge in [-0.2, -0.15) is 5.10 Å². The topological polar surface area (TPSA) is 84.2 Å². The third-order valence-electron chi connectivity index (χ3n) is 3.85. The Hall–Kier alpha value is -1.50. The van der Waals surface area contributed by atoms with Crippen LogP contribution in [0.1, 0.15) is 54.1 Å². The van der Waals surface area contributed by atoms with E-state index in [1.54, 1.807) is 10.9 Å². The Bertz CT molecular complexity index is 524. The highest BCUT2D eigenvalue weighted by Crippen LogP contribution is 2.33. The van der Waals surface area contributed by atoms with Gasteiger partial charge in [0, 0.05) is 31.5 Å². The monoisotopic (exact) mass is 325 g/mol. The number of carbonyl (C=O) groups is 2. The van der Waals surface area contributed by atoms with Crippen LogP contribution in [0, 0.1) is 0 Å². The molecule has 0 saturated heterocycles. The Balaban J connectivity index is 1.90. The van der Waals surface area contributed by atoms with Crippen LogP contribution in [0.25, 0.3) is 0 Å². The highest BCUT2D eigenvalue weighted by molar-refractivity contribution is 7.99. The molecule has 2 N–H and O–H groups in total. The smallest absolute Gasteiger partial charge is 0.313 e. The predicted octanol–water partition coefficient (Wildman–Crippen LogP) is 2.02. The van der Waals surface area contributed by atoms with Crippen molar-refractivity contribution >= 4 is 23.6 Å². The number of rotatable bonds is 7. The molecule has 1 saturated carbocycles. The van der Waals surface area contributed by atoms with Crippen molar-refractivity contribution in [1.29, 1.82) is 0 Å². The summed E-state index contributed by atoms with van der Waals surface area (Å²) in [5, 5.41) is 15.9. The number of hydrogen-bond donors (Lipinski definition) is 2. The lowest BCUT2D eigenvalue weighted by molar-refractivity contribution is -0.133. The highest BCUT2D eigenvalue weighted by Gasteiger charge is 2.24. The van der Waals surface area contributed by atoms with Crippen LogP contribution in [-0.2, 0) is 11.8 Å². The second-order valence-electron chi connectivity index (χ2n) is 5.64. The van der Waals surface area contributed by atoms with Crippen LogP contribution in [0.2, 0.25) is 0 Å². The first-order valence-electron chi connectivity index (χ1n) is 7.69. The summed E-state index contributed by atoms with van der Waals surface area (Å²) < 4.78 is 1.71. The maximum Gasteiger partial charge on any atom is 0.313 e. The number of hydrogen-bond acceptors (Lipinski definition) is 4. The van der Waals surface area contributed by atoms with E-state index in [2.05, 4.69) is 10.4 Å². The molecule has 0 bridgehead atoms. The van der Waals surface area contributed by atoms with E-state index in [-0.39, 0.29) is 11.7 Å². The molecule has 1 amide bonds. The third-order valence-corrected chi connectivity index (χ3v) is 4.80. The maximum atomic E-state index is 12.3. The van der Waals surface area contributed by atoms with Gasteiger partial charge < -0.3 is 10.4 Å². The maximum absolute atomic E-state index is 12.3. The fourth-order valence-electron chi connectivity index (χ4n) is 2.85. The van der Waals surface area contributed by atoms with Gasteiger partial charge >= 0.3 is 5.97 Å². The second-order valence-corrected chi connectivity index (χ2v) is 6.74. The van der Waals surface area contributed by atoms with Gasteiger partial charge in [0.05, 0.1) is 17.0 Å². The van der Waals surface area contributed by atoms with Crippen molar-refractivity contribution in [3.8, 4) is 0 Å². The molecule has 1 aromatic heterocycles. The number of carboxylic acids is 1. The van der Waals surface area contributed by atoms with E-state index in [9.17, 15) is 9.59 Å². The average Bonchev–Trinajstić information content (AvgIpc) is 2.89. The number of amides is 1. The molecule has 0 radical (unpaired) electrons. The molecule has 7 heteroatoms. The summed E-state index contributed by atoms with van der Waals surface area (Å²) in [6.07, 6.45) is 7.66. The van der Waals surface area contributed by atoms with Crippen LogP contribution < -0.4 is 5.32 Å². The zero-order valence-corrected chi connectivity index (χ0v) is 13.7. The van der Waals surface area contributed by atoms with Crippen LogP contribution in [0.15, 0.2) is 6.20 Å². The quantitative estimate of drug-likeness (QED) is 0.749. The molecule has 0 unspecified atom stereocenters. The number of carboxylic acid groups (broad SMARTS) is 1. The van der Waals surface area contributed by atoms with E-state index >= 15 is 0 Å². The van der Waals surface area contributed by atoms with Crippen LogP contribution in [0.5, 0.6) is 0 Å². The molecule has 122 valence electrons. The molecule has 6 nitrogen and oxygen atoms in total. The van der Waals surface area contributed by atoms with Crippen molar-refractivity contribution in [2.45, 2.75) is 38.0 Å². The van der Waals surface area contributed by atoms with E-state index in [1.165, 1.54) is 31.0 Å². The fraction of sp³-hybridized carbons (Fsp3) is 0.667. The molecule has 1 aromatic rings. The van der Waals surface area contributed by atoms with E-state index in [0.717, 1.165) is 18.5 Å². The average molecular weight is 325 g/mol. The normalized spacial score (nSPS) is 15.7. The first kappa shape index (κ1) is 16.9. The second kappa shape index (κ2) is 8.22. The summed E-state index contributed by atoms with van der Waals surface area (Å²) in [5.74, 6) is 0.109. The summed E-state index contributed by atoms with van der Waals surface area (Å²) >= 11 is 1.30. The number of aromatic nitrogens is 2. The standard InChI is InChI=1S/C15H23N3O3S/c1-18-9-12(14(17-18)11-5-3-2-4-6-11)15(21)16-7-8-22-10-13(19)20/h9,11H,2-8,10H2,1H3,(H,16,21)(H,19,20). The molecule has 1 heterocycles. The van der Waals surface area contributed by atoms with E-state index in [1.807, 2.05) is 7.05 Å². The molecule has 22 heavy (non-hydrogen) atoms. The lowest BCUT2D eigenvalue weighted by Crippen LogP contribution is -2.27. The van der Waals surface area contributed by atoms with Crippen molar-refractivity contribution < 1.29 is 14.7 Å². The largest absolute Gasteiger partial charge is 0.481 e. The van der Waals surface area contributed by atoms with Crippen molar-refractivity contribution in [2.75, 3.05) is 18.1 Å². The van der Waals surface area contributed by atoms with E-state index < -0.39 is 5.97 Å². The van der Waals surface area contributed by atoms with Crippen molar-refractivity contribution in [1.82, 2.24) is 15.1 Å². The zero-order chi connectivity index (χ0) is 15.9. The number of aliphatic carboxylic acids is 1. The van der Waals surface area contributed by atoms with Crippen molar-refractivity contribution in [3.63, 3.8) is 0 Å². The van der Waals surface area contributed by atoms with E-state index in [0.29, 0.717) is 23.8 Å². The predicted molar refractivity (Wildman–Crippen MR) is 86.3 cm³/mol. The Morgan fingerprint density at radius 2 is 2.14 bits per heavy atom. The van der Waals surface area contributed by atoms with Crippen LogP contribution in [0.3, 0.4) is 0 Å². The number of thioether (sulfide) groups is 1. The number of nitrogens with zero attached hydrogens (tertiary/aromatic N) is 2. The van der Waals surface area contributed by atoms with Gasteiger partial charge in [0.1, 0.15) is 0 Å². The van der Waals surface area contributed by atoms with Gasteiger partial charge in [-0.3, -0.25) is 14.3 Å². The van der Waals surface area contributed by atoms with E-state index in [4.69, 9.17) is 5.11 Å². The Morgan fingerprint density at radius 1 is 1.41 bits per heavy atom. The molecule has 0 atom stereocenters. The lowest BCUT2D eigenvalue weighted by atomic mass is 9.85.